The van der Waals surface area contributed by atoms with Crippen LogP contribution in [0.2, 0.25) is 0 Å². The topological polar surface area (TPSA) is 75.7 Å². The van der Waals surface area contributed by atoms with E-state index in [1.165, 1.54) is 11.8 Å². The Bertz CT molecular complexity index is 835. The normalized spacial score (nSPS) is 10.7. The summed E-state index contributed by atoms with van der Waals surface area (Å²) in [6.07, 6.45) is 1.74. The van der Waals surface area contributed by atoms with Crippen LogP contribution in [0.1, 0.15) is 5.56 Å². The van der Waals surface area contributed by atoms with Gasteiger partial charge in [0, 0.05) is 17.1 Å². The number of rotatable bonds is 3. The van der Waals surface area contributed by atoms with E-state index in [2.05, 4.69) is 25.9 Å². The standard InChI is InChI=1S/C15H11BrN4S/c16-11-5-3-7-19-15(11)21-13-8-10(14(17)18)9-4-1-2-6-12(9)20-13/h1-8H,(H3,17,18). The number of nitrogens with one attached hydrogen (secondary N) is 1. The minimum absolute atomic E-state index is 0.0375. The molecule has 0 aliphatic rings. The van der Waals surface area contributed by atoms with E-state index in [0.29, 0.717) is 5.56 Å². The molecule has 0 unspecified atom stereocenters. The number of nitrogen functional groups attached to an aromatic ring is 1. The van der Waals surface area contributed by atoms with Crippen molar-refractivity contribution in [2.45, 2.75) is 10.1 Å². The van der Waals surface area contributed by atoms with Gasteiger partial charge in [0.15, 0.2) is 0 Å². The third kappa shape index (κ3) is 2.91. The van der Waals surface area contributed by atoms with E-state index in [9.17, 15) is 0 Å². The van der Waals surface area contributed by atoms with Crippen LogP contribution in [0.25, 0.3) is 10.9 Å². The van der Waals surface area contributed by atoms with Crippen LogP contribution in [0.4, 0.5) is 0 Å². The van der Waals surface area contributed by atoms with Crippen LogP contribution in [0.3, 0.4) is 0 Å². The van der Waals surface area contributed by atoms with Gasteiger partial charge >= 0.3 is 0 Å². The molecule has 3 aromatic rings. The van der Waals surface area contributed by atoms with Gasteiger partial charge in [-0.25, -0.2) is 9.97 Å². The van der Waals surface area contributed by atoms with Gasteiger partial charge in [0.25, 0.3) is 0 Å². The Morgan fingerprint density at radius 2 is 2.00 bits per heavy atom. The molecule has 4 nitrogen and oxygen atoms in total. The third-order valence-electron chi connectivity index (χ3n) is 2.91. The molecule has 0 fully saturated rings. The van der Waals surface area contributed by atoms with Crippen LogP contribution in [-0.2, 0) is 0 Å². The molecule has 0 aliphatic heterocycles. The van der Waals surface area contributed by atoms with Gasteiger partial charge in [-0.05, 0) is 52.0 Å². The van der Waals surface area contributed by atoms with E-state index in [-0.39, 0.29) is 5.84 Å². The van der Waals surface area contributed by atoms with Gasteiger partial charge in [-0.2, -0.15) is 0 Å². The van der Waals surface area contributed by atoms with Gasteiger partial charge in [0.1, 0.15) is 15.9 Å². The van der Waals surface area contributed by atoms with Gasteiger partial charge in [0.2, 0.25) is 0 Å². The van der Waals surface area contributed by atoms with Crippen molar-refractivity contribution in [2.75, 3.05) is 0 Å². The molecule has 0 bridgehead atoms. The van der Waals surface area contributed by atoms with Crippen LogP contribution in [0, 0.1) is 5.41 Å². The van der Waals surface area contributed by atoms with Crippen molar-refractivity contribution in [3.05, 3.63) is 58.7 Å². The summed E-state index contributed by atoms with van der Waals surface area (Å²) in [6, 6.07) is 13.3. The summed E-state index contributed by atoms with van der Waals surface area (Å²) in [5.41, 5.74) is 7.20. The van der Waals surface area contributed by atoms with Gasteiger partial charge in [0.05, 0.1) is 9.99 Å². The summed E-state index contributed by atoms with van der Waals surface area (Å²) < 4.78 is 0.911. The maximum absolute atomic E-state index is 7.75. The molecule has 6 heteroatoms. The molecular formula is C15H11BrN4S. The fraction of sp³-hybridized carbons (Fsp3) is 0. The molecule has 0 aliphatic carbocycles. The Balaban J connectivity index is 2.11. The average Bonchev–Trinajstić information content (AvgIpc) is 2.48. The molecule has 3 rings (SSSR count). The molecule has 3 N–H and O–H groups in total. The lowest BCUT2D eigenvalue weighted by molar-refractivity contribution is 1.09. The van der Waals surface area contributed by atoms with Gasteiger partial charge in [-0.3, -0.25) is 5.41 Å². The summed E-state index contributed by atoms with van der Waals surface area (Å²) in [5, 5.41) is 10.2. The Hall–Kier alpha value is -1.92. The predicted molar refractivity (Wildman–Crippen MR) is 88.8 cm³/mol. The van der Waals surface area contributed by atoms with Crippen molar-refractivity contribution in [3.8, 4) is 0 Å². The molecule has 1 aromatic carbocycles. The number of nitrogens with zero attached hydrogens (tertiary/aromatic N) is 2. The fourth-order valence-corrected chi connectivity index (χ4v) is 3.27. The zero-order chi connectivity index (χ0) is 14.8. The number of hydrogen-bond donors (Lipinski definition) is 2. The molecule has 21 heavy (non-hydrogen) atoms. The number of nitrogens with two attached hydrogens (primary N) is 1. The first-order valence-electron chi connectivity index (χ1n) is 6.17. The molecule has 0 atom stereocenters. The first-order valence-corrected chi connectivity index (χ1v) is 7.78. The van der Waals surface area contributed by atoms with E-state index >= 15 is 0 Å². The van der Waals surface area contributed by atoms with Crippen molar-refractivity contribution in [3.63, 3.8) is 0 Å². The number of para-hydroxylation sites is 1. The predicted octanol–water partition coefficient (Wildman–Crippen LogP) is 3.83. The van der Waals surface area contributed by atoms with Crippen LogP contribution in [-0.4, -0.2) is 15.8 Å². The first kappa shape index (κ1) is 14.0. The summed E-state index contributed by atoms with van der Waals surface area (Å²) in [4.78, 5) is 8.92. The van der Waals surface area contributed by atoms with Crippen molar-refractivity contribution in [1.82, 2.24) is 9.97 Å². The van der Waals surface area contributed by atoms with Crippen molar-refractivity contribution in [2.24, 2.45) is 5.73 Å². The van der Waals surface area contributed by atoms with Crippen LogP contribution < -0.4 is 5.73 Å². The number of pyridine rings is 2. The van der Waals surface area contributed by atoms with E-state index in [1.54, 1.807) is 6.20 Å². The highest BCUT2D eigenvalue weighted by atomic mass is 79.9. The van der Waals surface area contributed by atoms with Crippen LogP contribution >= 0.6 is 27.7 Å². The Kier molecular flexibility index (Phi) is 3.90. The second kappa shape index (κ2) is 5.83. The minimum atomic E-state index is 0.0375. The first-order chi connectivity index (χ1) is 10.1. The summed E-state index contributed by atoms with van der Waals surface area (Å²) in [5.74, 6) is 0.0375. The van der Waals surface area contributed by atoms with Gasteiger partial charge < -0.3 is 5.73 Å². The van der Waals surface area contributed by atoms with Crippen molar-refractivity contribution >= 4 is 44.4 Å². The summed E-state index contributed by atoms with van der Waals surface area (Å²) >= 11 is 4.91. The maximum Gasteiger partial charge on any atom is 0.123 e. The lowest BCUT2D eigenvalue weighted by atomic mass is 10.1. The molecule has 104 valence electrons. The highest BCUT2D eigenvalue weighted by Gasteiger charge is 2.10. The fourth-order valence-electron chi connectivity index (χ4n) is 1.97. The molecule has 0 saturated carbocycles. The highest BCUT2D eigenvalue weighted by molar-refractivity contribution is 9.10. The zero-order valence-electron chi connectivity index (χ0n) is 10.9. The number of amidine groups is 1. The van der Waals surface area contributed by atoms with Gasteiger partial charge in [-0.15, -0.1) is 0 Å². The van der Waals surface area contributed by atoms with E-state index in [4.69, 9.17) is 11.1 Å². The molecular weight excluding hydrogens is 348 g/mol. The number of benzene rings is 1. The van der Waals surface area contributed by atoms with Crippen LogP contribution in [0.15, 0.2) is 63.2 Å². The lowest BCUT2D eigenvalue weighted by Crippen LogP contribution is -2.12. The molecule has 0 amide bonds. The SMILES string of the molecule is N=C(N)c1cc(Sc2ncccc2Br)nc2ccccc12. The highest BCUT2D eigenvalue weighted by Crippen LogP contribution is 2.32. The number of fused-ring (bicyclic) bond motifs is 1. The van der Waals surface area contributed by atoms with Crippen LogP contribution in [0.5, 0.6) is 0 Å². The number of hydrogen-bond acceptors (Lipinski definition) is 4. The molecule has 2 aromatic heterocycles. The quantitative estimate of drug-likeness (QED) is 0.551. The smallest absolute Gasteiger partial charge is 0.123 e. The third-order valence-corrected chi connectivity index (χ3v) is 4.75. The van der Waals surface area contributed by atoms with Gasteiger partial charge in [-0.1, -0.05) is 18.2 Å². The summed E-state index contributed by atoms with van der Waals surface area (Å²) in [6.45, 7) is 0. The monoisotopic (exact) mass is 358 g/mol. The van der Waals surface area contributed by atoms with E-state index in [0.717, 1.165) is 25.4 Å². The van der Waals surface area contributed by atoms with Crippen molar-refractivity contribution in [1.29, 1.82) is 5.41 Å². The number of aromatic nitrogens is 2. The second-order valence-corrected chi connectivity index (χ2v) is 6.19. The largest absolute Gasteiger partial charge is 0.384 e. The zero-order valence-corrected chi connectivity index (χ0v) is 13.3. The molecule has 0 saturated heterocycles. The molecule has 2 heterocycles. The maximum atomic E-state index is 7.75. The van der Waals surface area contributed by atoms with E-state index in [1.807, 2.05) is 42.5 Å². The Morgan fingerprint density at radius 3 is 2.76 bits per heavy atom. The molecule has 0 radical (unpaired) electrons. The molecule has 0 spiro atoms. The Morgan fingerprint density at radius 1 is 1.19 bits per heavy atom. The Labute approximate surface area is 134 Å². The van der Waals surface area contributed by atoms with Crippen molar-refractivity contribution < 1.29 is 0 Å². The minimum Gasteiger partial charge on any atom is -0.384 e. The average molecular weight is 359 g/mol. The summed E-state index contributed by atoms with van der Waals surface area (Å²) in [7, 11) is 0. The van der Waals surface area contributed by atoms with E-state index < -0.39 is 0 Å². The lowest BCUT2D eigenvalue weighted by Gasteiger charge is -2.08. The number of halogens is 1. The second-order valence-electron chi connectivity index (χ2n) is 4.33.